The third kappa shape index (κ3) is 3.54. The second-order valence-electron chi connectivity index (χ2n) is 7.09. The number of benzene rings is 1. The highest BCUT2D eigenvalue weighted by Crippen LogP contribution is 2.33. The first-order valence-corrected chi connectivity index (χ1v) is 9.55. The van der Waals surface area contributed by atoms with E-state index in [1.54, 1.807) is 0 Å². The third-order valence-corrected chi connectivity index (χ3v) is 5.25. The van der Waals surface area contributed by atoms with Crippen molar-refractivity contribution in [3.63, 3.8) is 0 Å². The van der Waals surface area contributed by atoms with Crippen LogP contribution in [0.3, 0.4) is 0 Å². The van der Waals surface area contributed by atoms with Gasteiger partial charge in [0.25, 0.3) is 11.8 Å². The number of hydrogen-bond donors (Lipinski definition) is 0. The molecule has 26 heavy (non-hydrogen) atoms. The highest BCUT2D eigenvalue weighted by Gasteiger charge is 2.41. The fourth-order valence-electron chi connectivity index (χ4n) is 3.52. The van der Waals surface area contributed by atoms with Crippen LogP contribution >= 0.6 is 0 Å². The molecule has 0 unspecified atom stereocenters. The number of carbonyl (C=O) groups excluding carboxylic acids is 2. The summed E-state index contributed by atoms with van der Waals surface area (Å²) in [5.74, 6) is -0.308. The second-order valence-corrected chi connectivity index (χ2v) is 7.09. The molecule has 0 aliphatic carbocycles. The van der Waals surface area contributed by atoms with Gasteiger partial charge >= 0.3 is 0 Å². The minimum Gasteiger partial charge on any atom is -0.378 e. The van der Waals surface area contributed by atoms with Crippen molar-refractivity contribution in [1.82, 2.24) is 9.80 Å². The van der Waals surface area contributed by atoms with Crippen LogP contribution in [-0.4, -0.2) is 54.5 Å². The molecule has 140 valence electrons. The Labute approximate surface area is 155 Å². The van der Waals surface area contributed by atoms with E-state index in [0.29, 0.717) is 44.1 Å². The van der Waals surface area contributed by atoms with E-state index in [9.17, 15) is 9.59 Å². The summed E-state index contributed by atoms with van der Waals surface area (Å²) >= 11 is 0. The van der Waals surface area contributed by atoms with E-state index in [0.717, 1.165) is 30.4 Å². The molecular weight excluding hydrogens is 328 g/mol. The number of hydrogen-bond acceptors (Lipinski definition) is 4. The molecule has 1 aromatic rings. The van der Waals surface area contributed by atoms with E-state index in [2.05, 4.69) is 13.8 Å². The van der Waals surface area contributed by atoms with Crippen molar-refractivity contribution in [2.75, 3.05) is 32.8 Å². The third-order valence-electron chi connectivity index (χ3n) is 5.25. The first-order chi connectivity index (χ1) is 12.5. The SMILES string of the molecule is CCCCCN1C(=O)C(c2ccc(C)c(C)c2)=C(N2CCOCC2)C1=O. The summed E-state index contributed by atoms with van der Waals surface area (Å²) in [7, 11) is 0. The minimum atomic E-state index is -0.157. The second kappa shape index (κ2) is 8.04. The molecule has 0 radical (unpaired) electrons. The fraction of sp³-hybridized carbons (Fsp3) is 0.524. The highest BCUT2D eigenvalue weighted by molar-refractivity contribution is 6.35. The number of rotatable bonds is 6. The monoisotopic (exact) mass is 356 g/mol. The quantitative estimate of drug-likeness (QED) is 0.581. The van der Waals surface area contributed by atoms with Gasteiger partial charge in [0.15, 0.2) is 0 Å². The number of unbranched alkanes of at least 4 members (excludes halogenated alkanes) is 2. The Morgan fingerprint density at radius 1 is 1.00 bits per heavy atom. The molecule has 5 heteroatoms. The number of imide groups is 1. The molecule has 2 aliphatic rings. The van der Waals surface area contributed by atoms with Crippen LogP contribution in [-0.2, 0) is 14.3 Å². The van der Waals surface area contributed by atoms with Crippen LogP contribution in [0.15, 0.2) is 23.9 Å². The first kappa shape index (κ1) is 18.6. The Hall–Kier alpha value is -2.14. The maximum absolute atomic E-state index is 13.1. The highest BCUT2D eigenvalue weighted by atomic mass is 16.5. The topological polar surface area (TPSA) is 49.9 Å². The van der Waals surface area contributed by atoms with Crippen molar-refractivity contribution >= 4 is 17.4 Å². The maximum atomic E-state index is 13.1. The molecule has 0 aromatic heterocycles. The lowest BCUT2D eigenvalue weighted by atomic mass is 9.99. The molecule has 2 aliphatic heterocycles. The summed E-state index contributed by atoms with van der Waals surface area (Å²) in [5, 5.41) is 0. The largest absolute Gasteiger partial charge is 0.378 e. The van der Waals surface area contributed by atoms with Crippen molar-refractivity contribution in [3.05, 3.63) is 40.6 Å². The fourth-order valence-corrected chi connectivity index (χ4v) is 3.52. The lowest BCUT2D eigenvalue weighted by Gasteiger charge is -2.29. The lowest BCUT2D eigenvalue weighted by Crippen LogP contribution is -2.40. The Kier molecular flexibility index (Phi) is 5.77. The van der Waals surface area contributed by atoms with Crippen molar-refractivity contribution in [2.24, 2.45) is 0 Å². The van der Waals surface area contributed by atoms with Crippen molar-refractivity contribution in [2.45, 2.75) is 40.0 Å². The number of nitrogens with zero attached hydrogens (tertiary/aromatic N) is 2. The number of aryl methyl sites for hydroxylation is 2. The summed E-state index contributed by atoms with van der Waals surface area (Å²) in [5.41, 5.74) is 4.25. The predicted molar refractivity (Wildman–Crippen MR) is 101 cm³/mol. The molecule has 1 saturated heterocycles. The van der Waals surface area contributed by atoms with Gasteiger partial charge in [-0.05, 0) is 37.0 Å². The van der Waals surface area contributed by atoms with E-state index in [1.807, 2.05) is 30.0 Å². The molecule has 0 N–H and O–H groups in total. The van der Waals surface area contributed by atoms with Gasteiger partial charge < -0.3 is 9.64 Å². The average Bonchev–Trinajstić information content (AvgIpc) is 2.89. The number of morpholine rings is 1. The van der Waals surface area contributed by atoms with Gasteiger partial charge in [-0.2, -0.15) is 0 Å². The zero-order valence-corrected chi connectivity index (χ0v) is 16.0. The van der Waals surface area contributed by atoms with Crippen LogP contribution in [0.2, 0.25) is 0 Å². The Morgan fingerprint density at radius 2 is 1.73 bits per heavy atom. The molecule has 0 spiro atoms. The summed E-state index contributed by atoms with van der Waals surface area (Å²) in [6, 6.07) is 6.00. The van der Waals surface area contributed by atoms with Crippen LogP contribution in [0.25, 0.3) is 5.57 Å². The van der Waals surface area contributed by atoms with Gasteiger partial charge in [0.05, 0.1) is 18.8 Å². The minimum absolute atomic E-state index is 0.152. The first-order valence-electron chi connectivity index (χ1n) is 9.55. The molecule has 0 bridgehead atoms. The van der Waals surface area contributed by atoms with E-state index in [-0.39, 0.29) is 11.8 Å². The van der Waals surface area contributed by atoms with Crippen LogP contribution in [0.1, 0.15) is 42.9 Å². The van der Waals surface area contributed by atoms with Gasteiger partial charge in [-0.15, -0.1) is 0 Å². The maximum Gasteiger partial charge on any atom is 0.277 e. The van der Waals surface area contributed by atoms with Crippen LogP contribution in [0.4, 0.5) is 0 Å². The summed E-state index contributed by atoms with van der Waals surface area (Å²) in [4.78, 5) is 29.7. The standard InChI is InChI=1S/C21H28N2O3/c1-4-5-6-9-23-20(24)18(17-8-7-15(2)16(3)14-17)19(21(23)25)22-10-12-26-13-11-22/h7-8,14H,4-6,9-13H2,1-3H3. The molecule has 0 atom stereocenters. The Bertz CT molecular complexity index is 733. The molecule has 2 heterocycles. The van der Waals surface area contributed by atoms with Gasteiger partial charge in [-0.3, -0.25) is 14.5 Å². The van der Waals surface area contributed by atoms with E-state index < -0.39 is 0 Å². The van der Waals surface area contributed by atoms with Crippen molar-refractivity contribution in [1.29, 1.82) is 0 Å². The van der Waals surface area contributed by atoms with Gasteiger partial charge in [0.1, 0.15) is 5.70 Å². The number of ether oxygens (including phenoxy) is 1. The van der Waals surface area contributed by atoms with Gasteiger partial charge in [-0.25, -0.2) is 0 Å². The zero-order valence-electron chi connectivity index (χ0n) is 16.0. The van der Waals surface area contributed by atoms with E-state index >= 15 is 0 Å². The van der Waals surface area contributed by atoms with Crippen LogP contribution in [0.5, 0.6) is 0 Å². The number of carbonyl (C=O) groups is 2. The molecule has 2 amide bonds. The smallest absolute Gasteiger partial charge is 0.277 e. The lowest BCUT2D eigenvalue weighted by molar-refractivity contribution is -0.137. The van der Waals surface area contributed by atoms with E-state index in [1.165, 1.54) is 10.5 Å². The van der Waals surface area contributed by atoms with E-state index in [4.69, 9.17) is 4.74 Å². The van der Waals surface area contributed by atoms with Crippen molar-refractivity contribution < 1.29 is 14.3 Å². The summed E-state index contributed by atoms with van der Waals surface area (Å²) in [6.07, 6.45) is 2.93. The molecule has 3 rings (SSSR count). The van der Waals surface area contributed by atoms with Crippen molar-refractivity contribution in [3.8, 4) is 0 Å². The molecular formula is C21H28N2O3. The van der Waals surface area contributed by atoms with Gasteiger partial charge in [0, 0.05) is 19.6 Å². The number of amides is 2. The van der Waals surface area contributed by atoms with Crippen LogP contribution < -0.4 is 0 Å². The summed E-state index contributed by atoms with van der Waals surface area (Å²) in [6.45, 7) is 9.15. The van der Waals surface area contributed by atoms with Gasteiger partial charge in [0.2, 0.25) is 0 Å². The molecule has 1 fully saturated rings. The molecule has 1 aromatic carbocycles. The predicted octanol–water partition coefficient (Wildman–Crippen LogP) is 2.91. The zero-order chi connectivity index (χ0) is 18.7. The van der Waals surface area contributed by atoms with Crippen LogP contribution in [0, 0.1) is 13.8 Å². The Morgan fingerprint density at radius 3 is 2.38 bits per heavy atom. The Balaban J connectivity index is 2.00. The summed E-state index contributed by atoms with van der Waals surface area (Å²) < 4.78 is 5.43. The normalized spacial score (nSPS) is 18.3. The molecule has 0 saturated carbocycles. The molecule has 5 nitrogen and oxygen atoms in total. The van der Waals surface area contributed by atoms with Gasteiger partial charge in [-0.1, -0.05) is 38.0 Å². The average molecular weight is 356 g/mol.